The van der Waals surface area contributed by atoms with Gasteiger partial charge in [-0.1, -0.05) is 19.1 Å². The number of ether oxygens (including phenoxy) is 2. The molecule has 9 nitrogen and oxygen atoms in total. The first kappa shape index (κ1) is 29.6. The minimum Gasteiger partial charge on any atom is -0.493 e. The summed E-state index contributed by atoms with van der Waals surface area (Å²) in [5.41, 5.74) is 2.65. The predicted molar refractivity (Wildman–Crippen MR) is 152 cm³/mol. The fourth-order valence-corrected chi connectivity index (χ4v) is 5.16. The zero-order valence-corrected chi connectivity index (χ0v) is 23.9. The van der Waals surface area contributed by atoms with Crippen LogP contribution in [-0.2, 0) is 17.8 Å². The second-order valence-corrected chi connectivity index (χ2v) is 10.3. The average Bonchev–Trinajstić information content (AvgIpc) is 3.34. The zero-order chi connectivity index (χ0) is 28.5. The van der Waals surface area contributed by atoms with Crippen molar-refractivity contribution in [2.75, 3.05) is 33.9 Å². The Hall–Kier alpha value is -3.92. The van der Waals surface area contributed by atoms with Gasteiger partial charge in [-0.3, -0.25) is 19.7 Å². The molecule has 2 amide bonds. The molecule has 0 unspecified atom stereocenters. The number of benzene rings is 2. The highest BCUT2D eigenvalue weighted by atomic mass is 32.1. The summed E-state index contributed by atoms with van der Waals surface area (Å²) in [5.74, 6) is 0.662. The molecular weight excluding hydrogens is 518 g/mol. The summed E-state index contributed by atoms with van der Waals surface area (Å²) < 4.78 is 10.7. The van der Waals surface area contributed by atoms with E-state index < -0.39 is 10.8 Å². The summed E-state index contributed by atoms with van der Waals surface area (Å²) in [7, 11) is 3.17. The van der Waals surface area contributed by atoms with E-state index in [-0.39, 0.29) is 23.7 Å². The van der Waals surface area contributed by atoms with Gasteiger partial charge in [0.15, 0.2) is 11.5 Å². The molecule has 1 heterocycles. The second-order valence-electron chi connectivity index (χ2n) is 9.27. The molecule has 0 spiro atoms. The van der Waals surface area contributed by atoms with Crippen LogP contribution in [0.1, 0.15) is 45.3 Å². The molecule has 0 aliphatic heterocycles. The van der Waals surface area contributed by atoms with Gasteiger partial charge in [-0.25, -0.2) is 0 Å². The minimum atomic E-state index is -0.499. The van der Waals surface area contributed by atoms with E-state index in [9.17, 15) is 19.7 Å². The summed E-state index contributed by atoms with van der Waals surface area (Å²) in [6.45, 7) is 6.67. The number of nitro groups is 1. The smallest absolute Gasteiger partial charge is 0.273 e. The van der Waals surface area contributed by atoms with E-state index in [0.717, 1.165) is 16.0 Å². The van der Waals surface area contributed by atoms with Crippen LogP contribution >= 0.6 is 11.3 Å². The molecule has 0 aliphatic carbocycles. The molecule has 0 saturated heterocycles. The normalized spacial score (nSPS) is 10.7. The lowest BCUT2D eigenvalue weighted by molar-refractivity contribution is -0.385. The Bertz CT molecular complexity index is 1320. The quantitative estimate of drug-likeness (QED) is 0.207. The summed E-state index contributed by atoms with van der Waals surface area (Å²) >= 11 is 1.59. The number of hydrogen-bond donors (Lipinski definition) is 0. The van der Waals surface area contributed by atoms with Crippen molar-refractivity contribution in [2.24, 2.45) is 0 Å². The first-order valence-corrected chi connectivity index (χ1v) is 13.6. The van der Waals surface area contributed by atoms with Gasteiger partial charge in [0.25, 0.3) is 11.6 Å². The largest absolute Gasteiger partial charge is 0.493 e. The van der Waals surface area contributed by atoms with Crippen LogP contribution in [-0.4, -0.2) is 60.4 Å². The Morgan fingerprint density at radius 1 is 0.949 bits per heavy atom. The summed E-state index contributed by atoms with van der Waals surface area (Å²) in [5, 5.41) is 13.4. The van der Waals surface area contributed by atoms with E-state index in [0.29, 0.717) is 49.5 Å². The van der Waals surface area contributed by atoms with E-state index in [1.807, 2.05) is 43.5 Å². The van der Waals surface area contributed by atoms with Crippen LogP contribution in [0.5, 0.6) is 11.5 Å². The fraction of sp³-hybridized carbons (Fsp3) is 0.379. The predicted octanol–water partition coefficient (Wildman–Crippen LogP) is 5.41. The molecule has 0 aliphatic rings. The molecule has 3 rings (SSSR count). The number of rotatable bonds is 13. The average molecular weight is 554 g/mol. The lowest BCUT2D eigenvalue weighted by atomic mass is 10.1. The number of aryl methyl sites for hydroxylation is 2. The van der Waals surface area contributed by atoms with E-state index in [1.54, 1.807) is 49.5 Å². The lowest BCUT2D eigenvalue weighted by Crippen LogP contribution is -2.43. The van der Waals surface area contributed by atoms with Gasteiger partial charge in [0.05, 0.1) is 25.7 Å². The lowest BCUT2D eigenvalue weighted by Gasteiger charge is -2.28. The first-order chi connectivity index (χ1) is 18.7. The molecule has 3 aromatic rings. The number of methoxy groups -OCH3 is 2. The maximum Gasteiger partial charge on any atom is 0.273 e. The van der Waals surface area contributed by atoms with Gasteiger partial charge in [0.2, 0.25) is 5.91 Å². The Kier molecular flexibility index (Phi) is 10.4. The Morgan fingerprint density at radius 3 is 2.31 bits per heavy atom. The van der Waals surface area contributed by atoms with Crippen molar-refractivity contribution in [2.45, 2.75) is 40.2 Å². The Morgan fingerprint density at radius 2 is 1.69 bits per heavy atom. The molecule has 208 valence electrons. The highest BCUT2D eigenvalue weighted by molar-refractivity contribution is 7.10. The number of carbonyl (C=O) groups excluding carboxylic acids is 2. The van der Waals surface area contributed by atoms with Gasteiger partial charge < -0.3 is 19.3 Å². The van der Waals surface area contributed by atoms with Crippen LogP contribution in [0.25, 0.3) is 0 Å². The number of carbonyl (C=O) groups is 2. The molecule has 0 N–H and O–H groups in total. The van der Waals surface area contributed by atoms with Gasteiger partial charge in [-0.2, -0.15) is 0 Å². The third-order valence-corrected chi connectivity index (χ3v) is 7.54. The van der Waals surface area contributed by atoms with Crippen molar-refractivity contribution in [1.29, 1.82) is 0 Å². The number of hydrogen-bond acceptors (Lipinski definition) is 7. The highest BCUT2D eigenvalue weighted by Crippen LogP contribution is 2.28. The van der Waals surface area contributed by atoms with Crippen LogP contribution < -0.4 is 9.47 Å². The highest BCUT2D eigenvalue weighted by Gasteiger charge is 2.24. The molecule has 1 aromatic heterocycles. The molecule has 2 aromatic carbocycles. The molecule has 0 atom stereocenters. The molecule has 0 radical (unpaired) electrons. The molecule has 39 heavy (non-hydrogen) atoms. The van der Waals surface area contributed by atoms with Gasteiger partial charge in [0.1, 0.15) is 6.54 Å². The van der Waals surface area contributed by atoms with Crippen LogP contribution in [0, 0.1) is 24.0 Å². The summed E-state index contributed by atoms with van der Waals surface area (Å²) in [6, 6.07) is 12.1. The topological polar surface area (TPSA) is 102 Å². The van der Waals surface area contributed by atoms with Crippen molar-refractivity contribution in [3.05, 3.63) is 85.1 Å². The van der Waals surface area contributed by atoms with Crippen LogP contribution in [0.3, 0.4) is 0 Å². The number of amides is 2. The van der Waals surface area contributed by atoms with Gasteiger partial charge >= 0.3 is 0 Å². The number of nitrogens with zero attached hydrogens (tertiary/aromatic N) is 3. The summed E-state index contributed by atoms with van der Waals surface area (Å²) in [6.07, 6.45) is 1.23. The third kappa shape index (κ3) is 7.57. The van der Waals surface area contributed by atoms with Crippen molar-refractivity contribution in [3.8, 4) is 11.5 Å². The monoisotopic (exact) mass is 553 g/mol. The van der Waals surface area contributed by atoms with E-state index in [4.69, 9.17) is 9.47 Å². The van der Waals surface area contributed by atoms with Crippen LogP contribution in [0.15, 0.2) is 47.8 Å². The third-order valence-electron chi connectivity index (χ3n) is 6.53. The van der Waals surface area contributed by atoms with E-state index in [2.05, 4.69) is 0 Å². The van der Waals surface area contributed by atoms with Crippen molar-refractivity contribution in [1.82, 2.24) is 9.80 Å². The van der Waals surface area contributed by atoms with Crippen molar-refractivity contribution < 1.29 is 24.0 Å². The minimum absolute atomic E-state index is 0.117. The van der Waals surface area contributed by atoms with Gasteiger partial charge in [-0.05, 0) is 67.5 Å². The van der Waals surface area contributed by atoms with Crippen molar-refractivity contribution in [3.63, 3.8) is 0 Å². The number of thiophene rings is 1. The Balaban J connectivity index is 1.82. The van der Waals surface area contributed by atoms with Crippen LogP contribution in [0.2, 0.25) is 0 Å². The van der Waals surface area contributed by atoms with E-state index in [1.165, 1.54) is 11.0 Å². The van der Waals surface area contributed by atoms with Gasteiger partial charge in [0, 0.05) is 35.2 Å². The van der Waals surface area contributed by atoms with Crippen LogP contribution in [0.4, 0.5) is 5.69 Å². The maximum atomic E-state index is 13.7. The first-order valence-electron chi connectivity index (χ1n) is 12.7. The summed E-state index contributed by atoms with van der Waals surface area (Å²) in [4.78, 5) is 42.3. The molecular formula is C29H35N3O6S. The SMILES string of the molecule is CCCN(CC(=O)N(CCc1ccc(OC)c(OC)c1)Cc1sccc1C)C(=O)c1ccc(C)c([N+](=O)[O-])c1. The Labute approximate surface area is 233 Å². The fourth-order valence-electron chi connectivity index (χ4n) is 4.24. The zero-order valence-electron chi connectivity index (χ0n) is 23.1. The second kappa shape index (κ2) is 13.7. The van der Waals surface area contributed by atoms with E-state index >= 15 is 0 Å². The standard InChI is InChI=1S/C29H35N3O6S/c1-6-13-31(29(34)23-9-7-20(2)24(17-23)32(35)36)19-28(33)30(18-27-21(3)12-15-39-27)14-11-22-8-10-25(37-4)26(16-22)38-5/h7-10,12,15-17H,6,11,13-14,18-19H2,1-5H3. The molecule has 0 fully saturated rings. The van der Waals surface area contributed by atoms with Gasteiger partial charge in [-0.15, -0.1) is 11.3 Å². The molecule has 10 heteroatoms. The number of nitro benzene ring substituents is 1. The molecule has 0 saturated carbocycles. The van der Waals surface area contributed by atoms with Crippen molar-refractivity contribution >= 4 is 28.8 Å². The maximum absolute atomic E-state index is 13.7. The molecule has 0 bridgehead atoms.